The van der Waals surface area contributed by atoms with Gasteiger partial charge in [0.15, 0.2) is 5.79 Å². The second-order valence-electron chi connectivity index (χ2n) is 6.68. The zero-order valence-electron chi connectivity index (χ0n) is 12.2. The first kappa shape index (κ1) is 13.8. The largest absolute Gasteiger partial charge is 0.384 e. The molecular formula is C16H28O3. The van der Waals surface area contributed by atoms with Crippen LogP contribution < -0.4 is 0 Å². The summed E-state index contributed by atoms with van der Waals surface area (Å²) in [6.07, 6.45) is 10.4. The molecule has 0 unspecified atom stereocenters. The first-order valence-electron chi connectivity index (χ1n) is 8.08. The van der Waals surface area contributed by atoms with E-state index >= 15 is 0 Å². The van der Waals surface area contributed by atoms with E-state index in [1.165, 1.54) is 38.5 Å². The SMILES string of the molecule is COCC1CCC(C2CCC3(CC2)OCCO3)CC1. The summed E-state index contributed by atoms with van der Waals surface area (Å²) in [5.41, 5.74) is 0. The maximum atomic E-state index is 5.83. The monoisotopic (exact) mass is 268 g/mol. The van der Waals surface area contributed by atoms with Gasteiger partial charge in [0.05, 0.1) is 13.2 Å². The number of ether oxygens (including phenoxy) is 3. The Hall–Kier alpha value is -0.120. The molecule has 0 aromatic rings. The van der Waals surface area contributed by atoms with Crippen molar-refractivity contribution < 1.29 is 14.2 Å². The van der Waals surface area contributed by atoms with Crippen LogP contribution in [-0.2, 0) is 14.2 Å². The Morgan fingerprint density at radius 1 is 0.895 bits per heavy atom. The lowest BCUT2D eigenvalue weighted by atomic mass is 9.70. The van der Waals surface area contributed by atoms with Crippen molar-refractivity contribution in [1.29, 1.82) is 0 Å². The molecule has 19 heavy (non-hydrogen) atoms. The van der Waals surface area contributed by atoms with Crippen LogP contribution in [0.5, 0.6) is 0 Å². The minimum absolute atomic E-state index is 0.177. The Balaban J connectivity index is 1.44. The van der Waals surface area contributed by atoms with E-state index in [9.17, 15) is 0 Å². The second-order valence-corrected chi connectivity index (χ2v) is 6.68. The predicted octanol–water partition coefficient (Wildman–Crippen LogP) is 3.37. The van der Waals surface area contributed by atoms with Crippen LogP contribution in [0.15, 0.2) is 0 Å². The van der Waals surface area contributed by atoms with Gasteiger partial charge in [0, 0.05) is 26.6 Å². The zero-order chi connectivity index (χ0) is 13.1. The smallest absolute Gasteiger partial charge is 0.168 e. The van der Waals surface area contributed by atoms with Crippen molar-refractivity contribution in [2.45, 2.75) is 57.2 Å². The highest BCUT2D eigenvalue weighted by Crippen LogP contribution is 2.44. The molecule has 3 heteroatoms. The van der Waals surface area contributed by atoms with Gasteiger partial charge in [0.25, 0.3) is 0 Å². The van der Waals surface area contributed by atoms with E-state index in [-0.39, 0.29) is 5.79 Å². The summed E-state index contributed by atoms with van der Waals surface area (Å²) in [6, 6.07) is 0. The molecule has 0 bridgehead atoms. The van der Waals surface area contributed by atoms with Crippen LogP contribution in [-0.4, -0.2) is 32.7 Å². The number of hydrogen-bond donors (Lipinski definition) is 0. The molecule has 1 spiro atoms. The minimum Gasteiger partial charge on any atom is -0.384 e. The molecular weight excluding hydrogens is 240 g/mol. The van der Waals surface area contributed by atoms with Gasteiger partial charge in [-0.3, -0.25) is 0 Å². The molecule has 1 heterocycles. The standard InChI is InChI=1S/C16H28O3/c1-17-12-13-2-4-14(5-3-13)15-6-8-16(9-7-15)18-10-11-19-16/h13-15H,2-12H2,1H3. The molecule has 0 aromatic heterocycles. The van der Waals surface area contributed by atoms with Crippen LogP contribution in [0.3, 0.4) is 0 Å². The fourth-order valence-electron chi connectivity index (χ4n) is 4.40. The molecule has 0 N–H and O–H groups in total. The van der Waals surface area contributed by atoms with E-state index in [0.717, 1.165) is 50.4 Å². The Labute approximate surface area is 117 Å². The molecule has 3 fully saturated rings. The predicted molar refractivity (Wildman–Crippen MR) is 73.9 cm³/mol. The van der Waals surface area contributed by atoms with E-state index in [4.69, 9.17) is 14.2 Å². The van der Waals surface area contributed by atoms with Gasteiger partial charge < -0.3 is 14.2 Å². The Morgan fingerprint density at radius 3 is 2.05 bits per heavy atom. The highest BCUT2D eigenvalue weighted by molar-refractivity contribution is 4.87. The number of hydrogen-bond acceptors (Lipinski definition) is 3. The highest BCUT2D eigenvalue weighted by atomic mass is 16.7. The minimum atomic E-state index is -0.177. The first-order valence-corrected chi connectivity index (χ1v) is 8.08. The Bertz CT molecular complexity index is 268. The van der Waals surface area contributed by atoms with E-state index in [1.54, 1.807) is 0 Å². The van der Waals surface area contributed by atoms with Crippen LogP contribution in [0.2, 0.25) is 0 Å². The molecule has 3 nitrogen and oxygen atoms in total. The molecule has 2 aliphatic carbocycles. The van der Waals surface area contributed by atoms with Gasteiger partial charge in [0.1, 0.15) is 0 Å². The van der Waals surface area contributed by atoms with Gasteiger partial charge in [-0.25, -0.2) is 0 Å². The maximum Gasteiger partial charge on any atom is 0.168 e. The molecule has 1 aliphatic heterocycles. The van der Waals surface area contributed by atoms with Crippen molar-refractivity contribution in [2.24, 2.45) is 17.8 Å². The summed E-state index contributed by atoms with van der Waals surface area (Å²) in [6.45, 7) is 2.56. The van der Waals surface area contributed by atoms with Gasteiger partial charge in [-0.05, 0) is 56.3 Å². The summed E-state index contributed by atoms with van der Waals surface area (Å²) in [5, 5.41) is 0. The van der Waals surface area contributed by atoms with Crippen molar-refractivity contribution in [2.75, 3.05) is 26.9 Å². The van der Waals surface area contributed by atoms with Crippen LogP contribution in [0.1, 0.15) is 51.4 Å². The Morgan fingerprint density at radius 2 is 1.47 bits per heavy atom. The second kappa shape index (κ2) is 6.11. The molecule has 0 amide bonds. The van der Waals surface area contributed by atoms with E-state index < -0.39 is 0 Å². The molecule has 110 valence electrons. The lowest BCUT2D eigenvalue weighted by Gasteiger charge is -2.40. The van der Waals surface area contributed by atoms with Crippen LogP contribution in [0, 0.1) is 17.8 Å². The van der Waals surface area contributed by atoms with E-state index in [0.29, 0.717) is 0 Å². The lowest BCUT2D eigenvalue weighted by Crippen LogP contribution is -2.37. The van der Waals surface area contributed by atoms with Crippen LogP contribution in [0.4, 0.5) is 0 Å². The number of methoxy groups -OCH3 is 1. The third kappa shape index (κ3) is 3.14. The normalized spacial score (nSPS) is 35.8. The zero-order valence-corrected chi connectivity index (χ0v) is 12.2. The molecule has 0 atom stereocenters. The van der Waals surface area contributed by atoms with Gasteiger partial charge in [-0.1, -0.05) is 0 Å². The van der Waals surface area contributed by atoms with Crippen molar-refractivity contribution in [3.63, 3.8) is 0 Å². The third-order valence-corrected chi connectivity index (χ3v) is 5.57. The molecule has 2 saturated carbocycles. The Kier molecular flexibility index (Phi) is 4.45. The van der Waals surface area contributed by atoms with E-state index in [1.807, 2.05) is 7.11 Å². The molecule has 0 radical (unpaired) electrons. The van der Waals surface area contributed by atoms with Gasteiger partial charge in [0.2, 0.25) is 0 Å². The van der Waals surface area contributed by atoms with Crippen LogP contribution >= 0.6 is 0 Å². The summed E-state index contributed by atoms with van der Waals surface area (Å²) in [5.74, 6) is 2.51. The summed E-state index contributed by atoms with van der Waals surface area (Å²) >= 11 is 0. The summed E-state index contributed by atoms with van der Waals surface area (Å²) < 4.78 is 16.9. The fourth-order valence-corrected chi connectivity index (χ4v) is 4.40. The van der Waals surface area contributed by atoms with Crippen molar-refractivity contribution in [3.8, 4) is 0 Å². The number of rotatable bonds is 3. The first-order chi connectivity index (χ1) is 9.31. The highest BCUT2D eigenvalue weighted by Gasteiger charge is 2.42. The third-order valence-electron chi connectivity index (χ3n) is 5.57. The quantitative estimate of drug-likeness (QED) is 0.785. The van der Waals surface area contributed by atoms with Crippen LogP contribution in [0.25, 0.3) is 0 Å². The maximum absolute atomic E-state index is 5.83. The molecule has 1 saturated heterocycles. The fraction of sp³-hybridized carbons (Fsp3) is 1.00. The van der Waals surface area contributed by atoms with Crippen molar-refractivity contribution in [3.05, 3.63) is 0 Å². The summed E-state index contributed by atoms with van der Waals surface area (Å²) in [7, 11) is 1.83. The van der Waals surface area contributed by atoms with Gasteiger partial charge >= 0.3 is 0 Å². The van der Waals surface area contributed by atoms with E-state index in [2.05, 4.69) is 0 Å². The average Bonchev–Trinajstić information content (AvgIpc) is 2.90. The van der Waals surface area contributed by atoms with Crippen molar-refractivity contribution >= 4 is 0 Å². The van der Waals surface area contributed by atoms with Crippen molar-refractivity contribution in [1.82, 2.24) is 0 Å². The lowest BCUT2D eigenvalue weighted by molar-refractivity contribution is -0.185. The molecule has 0 aromatic carbocycles. The van der Waals surface area contributed by atoms with Gasteiger partial charge in [-0.15, -0.1) is 0 Å². The van der Waals surface area contributed by atoms with Gasteiger partial charge in [-0.2, -0.15) is 0 Å². The summed E-state index contributed by atoms with van der Waals surface area (Å²) in [4.78, 5) is 0. The topological polar surface area (TPSA) is 27.7 Å². The molecule has 3 rings (SSSR count). The average molecular weight is 268 g/mol. The molecule has 3 aliphatic rings.